The fourth-order valence-electron chi connectivity index (χ4n) is 2.13. The number of methoxy groups -OCH3 is 1. The topological polar surface area (TPSA) is 60.0 Å². The van der Waals surface area contributed by atoms with Gasteiger partial charge in [0.15, 0.2) is 11.5 Å². The number of ether oxygens (including phenoxy) is 3. The number of carbonyl (C=O) groups is 1. The molecule has 1 aliphatic heterocycles. The summed E-state index contributed by atoms with van der Waals surface area (Å²) >= 11 is 0. The Balaban J connectivity index is 1.78. The number of hydrogen-bond acceptors (Lipinski definition) is 5. The highest BCUT2D eigenvalue weighted by Gasteiger charge is 2.24. The first-order chi connectivity index (χ1) is 10.2. The van der Waals surface area contributed by atoms with Gasteiger partial charge in [0.05, 0.1) is 26.9 Å². The lowest BCUT2D eigenvalue weighted by atomic mass is 10.2. The zero-order valence-corrected chi connectivity index (χ0v) is 12.5. The zero-order valence-electron chi connectivity index (χ0n) is 12.5. The maximum Gasteiger partial charge on any atom is 0.241 e. The van der Waals surface area contributed by atoms with Gasteiger partial charge in [-0.25, -0.2) is 0 Å². The highest BCUT2D eigenvalue weighted by atomic mass is 16.5. The molecule has 1 fully saturated rings. The molecule has 0 spiro atoms. The van der Waals surface area contributed by atoms with E-state index in [0.29, 0.717) is 44.4 Å². The van der Waals surface area contributed by atoms with Crippen molar-refractivity contribution in [2.24, 2.45) is 0 Å². The van der Waals surface area contributed by atoms with Gasteiger partial charge in [-0.1, -0.05) is 12.1 Å². The van der Waals surface area contributed by atoms with Crippen LogP contribution in [0, 0.1) is 0 Å². The molecule has 116 valence electrons. The van der Waals surface area contributed by atoms with E-state index in [2.05, 4.69) is 5.32 Å². The van der Waals surface area contributed by atoms with Crippen molar-refractivity contribution in [2.75, 3.05) is 47.1 Å². The van der Waals surface area contributed by atoms with E-state index in [1.807, 2.05) is 24.3 Å². The highest BCUT2D eigenvalue weighted by Crippen LogP contribution is 2.25. The first-order valence-corrected chi connectivity index (χ1v) is 7.04. The van der Waals surface area contributed by atoms with Crippen LogP contribution >= 0.6 is 0 Å². The summed E-state index contributed by atoms with van der Waals surface area (Å²) in [5, 5.41) is 3.15. The van der Waals surface area contributed by atoms with Gasteiger partial charge in [0.2, 0.25) is 5.91 Å². The van der Waals surface area contributed by atoms with Gasteiger partial charge >= 0.3 is 0 Å². The van der Waals surface area contributed by atoms with Crippen molar-refractivity contribution in [1.82, 2.24) is 10.2 Å². The Kier molecular flexibility index (Phi) is 5.83. The predicted octanol–water partition coefficient (Wildman–Crippen LogP) is 0.521. The first kappa shape index (κ1) is 15.6. The normalized spacial score (nSPS) is 18.1. The molecule has 2 rings (SSSR count). The van der Waals surface area contributed by atoms with Crippen molar-refractivity contribution in [1.29, 1.82) is 0 Å². The number of rotatable bonds is 6. The van der Waals surface area contributed by atoms with E-state index >= 15 is 0 Å². The van der Waals surface area contributed by atoms with Crippen LogP contribution in [0.4, 0.5) is 0 Å². The molecule has 1 N–H and O–H groups in total. The van der Waals surface area contributed by atoms with Gasteiger partial charge in [-0.05, 0) is 12.1 Å². The molecule has 0 saturated carbocycles. The smallest absolute Gasteiger partial charge is 0.241 e. The van der Waals surface area contributed by atoms with Crippen LogP contribution in [0.25, 0.3) is 0 Å². The van der Waals surface area contributed by atoms with Crippen molar-refractivity contribution in [2.45, 2.75) is 6.04 Å². The maximum atomic E-state index is 12.2. The van der Waals surface area contributed by atoms with Gasteiger partial charge in [0.1, 0.15) is 12.6 Å². The lowest BCUT2D eigenvalue weighted by Crippen LogP contribution is -2.52. The van der Waals surface area contributed by atoms with Crippen LogP contribution in [-0.2, 0) is 9.53 Å². The van der Waals surface area contributed by atoms with Gasteiger partial charge in [0.25, 0.3) is 0 Å². The van der Waals surface area contributed by atoms with Crippen LogP contribution in [0.15, 0.2) is 24.3 Å². The van der Waals surface area contributed by atoms with Crippen LogP contribution in [0.3, 0.4) is 0 Å². The number of carbonyl (C=O) groups excluding carboxylic acids is 1. The SMILES string of the molecule is COc1ccccc1OCCN(C)C(=O)[C@@H]1COCCN1. The van der Waals surface area contributed by atoms with Gasteiger partial charge in [-0.15, -0.1) is 0 Å². The average molecular weight is 294 g/mol. The number of nitrogens with zero attached hydrogens (tertiary/aromatic N) is 1. The third-order valence-corrected chi connectivity index (χ3v) is 3.35. The average Bonchev–Trinajstić information content (AvgIpc) is 2.55. The Morgan fingerprint density at radius 1 is 1.43 bits per heavy atom. The molecule has 21 heavy (non-hydrogen) atoms. The number of para-hydroxylation sites is 2. The molecule has 6 nitrogen and oxygen atoms in total. The van der Waals surface area contributed by atoms with Crippen LogP contribution < -0.4 is 14.8 Å². The molecule has 1 aromatic carbocycles. The summed E-state index contributed by atoms with van der Waals surface area (Å²) in [6, 6.07) is 7.20. The quantitative estimate of drug-likeness (QED) is 0.829. The second-order valence-corrected chi connectivity index (χ2v) is 4.84. The molecule has 0 unspecified atom stereocenters. The number of amides is 1. The Morgan fingerprint density at radius 3 is 2.86 bits per heavy atom. The summed E-state index contributed by atoms with van der Waals surface area (Å²) < 4.78 is 16.2. The second kappa shape index (κ2) is 7.85. The predicted molar refractivity (Wildman–Crippen MR) is 78.7 cm³/mol. The van der Waals surface area contributed by atoms with Crippen LogP contribution in [-0.4, -0.2) is 63.9 Å². The van der Waals surface area contributed by atoms with E-state index in [9.17, 15) is 4.79 Å². The summed E-state index contributed by atoms with van der Waals surface area (Å²) in [5.41, 5.74) is 0. The van der Waals surface area contributed by atoms with E-state index in [4.69, 9.17) is 14.2 Å². The lowest BCUT2D eigenvalue weighted by Gasteiger charge is -2.27. The molecular formula is C15H22N2O4. The first-order valence-electron chi connectivity index (χ1n) is 7.04. The summed E-state index contributed by atoms with van der Waals surface area (Å²) in [4.78, 5) is 13.8. The minimum absolute atomic E-state index is 0.0262. The number of nitrogens with one attached hydrogen (secondary N) is 1. The van der Waals surface area contributed by atoms with Crippen LogP contribution in [0.2, 0.25) is 0 Å². The molecule has 0 radical (unpaired) electrons. The van der Waals surface area contributed by atoms with Crippen molar-refractivity contribution >= 4 is 5.91 Å². The summed E-state index contributed by atoms with van der Waals surface area (Å²) in [5.74, 6) is 1.40. The van der Waals surface area contributed by atoms with E-state index in [0.717, 1.165) is 0 Å². The Hall–Kier alpha value is -1.79. The fourth-order valence-corrected chi connectivity index (χ4v) is 2.13. The number of benzene rings is 1. The summed E-state index contributed by atoms with van der Waals surface area (Å²) in [7, 11) is 3.37. The maximum absolute atomic E-state index is 12.2. The molecule has 0 aromatic heterocycles. The van der Waals surface area contributed by atoms with Gasteiger partial charge in [0, 0.05) is 13.6 Å². The standard InChI is InChI=1S/C15H22N2O4/c1-17(15(18)12-11-20-9-7-16-12)8-10-21-14-6-4-3-5-13(14)19-2/h3-6,12,16H,7-11H2,1-2H3/t12-/m0/s1. The molecule has 1 atom stereocenters. The summed E-state index contributed by atoms with van der Waals surface area (Å²) in [6.07, 6.45) is 0. The highest BCUT2D eigenvalue weighted by molar-refractivity contribution is 5.81. The number of morpholine rings is 1. The third kappa shape index (κ3) is 4.34. The van der Waals surface area contributed by atoms with E-state index < -0.39 is 0 Å². The molecule has 6 heteroatoms. The molecule has 1 saturated heterocycles. The third-order valence-electron chi connectivity index (χ3n) is 3.35. The monoisotopic (exact) mass is 294 g/mol. The van der Waals surface area contributed by atoms with Crippen LogP contribution in [0.1, 0.15) is 0 Å². The van der Waals surface area contributed by atoms with E-state index in [1.165, 1.54) is 0 Å². The zero-order chi connectivity index (χ0) is 15.1. The second-order valence-electron chi connectivity index (χ2n) is 4.84. The molecule has 0 bridgehead atoms. The van der Waals surface area contributed by atoms with Crippen molar-refractivity contribution in [3.05, 3.63) is 24.3 Å². The van der Waals surface area contributed by atoms with Gasteiger partial charge in [-0.2, -0.15) is 0 Å². The van der Waals surface area contributed by atoms with Gasteiger partial charge in [-0.3, -0.25) is 4.79 Å². The minimum atomic E-state index is -0.255. The molecule has 1 aromatic rings. The van der Waals surface area contributed by atoms with E-state index in [-0.39, 0.29) is 11.9 Å². The Labute approximate surface area is 125 Å². The van der Waals surface area contributed by atoms with Crippen molar-refractivity contribution in [3.63, 3.8) is 0 Å². The molecule has 1 aliphatic rings. The number of likely N-dealkylation sites (N-methyl/N-ethyl adjacent to an activating group) is 1. The molecule has 1 heterocycles. The van der Waals surface area contributed by atoms with Crippen LogP contribution in [0.5, 0.6) is 11.5 Å². The van der Waals surface area contributed by atoms with Gasteiger partial charge < -0.3 is 24.4 Å². The molecule has 0 aliphatic carbocycles. The molecule has 1 amide bonds. The Bertz CT molecular complexity index is 461. The van der Waals surface area contributed by atoms with E-state index in [1.54, 1.807) is 19.1 Å². The number of hydrogen-bond donors (Lipinski definition) is 1. The fraction of sp³-hybridized carbons (Fsp3) is 0.533. The Morgan fingerprint density at radius 2 is 2.19 bits per heavy atom. The van der Waals surface area contributed by atoms with Crippen molar-refractivity contribution in [3.8, 4) is 11.5 Å². The molecular weight excluding hydrogens is 272 g/mol. The lowest BCUT2D eigenvalue weighted by molar-refractivity contribution is -0.135. The largest absolute Gasteiger partial charge is 0.493 e. The minimum Gasteiger partial charge on any atom is -0.493 e. The summed E-state index contributed by atoms with van der Waals surface area (Å²) in [6.45, 7) is 2.72. The van der Waals surface area contributed by atoms with Crippen molar-refractivity contribution < 1.29 is 19.0 Å².